The van der Waals surface area contributed by atoms with Crippen molar-refractivity contribution in [2.75, 3.05) is 13.7 Å². The first-order chi connectivity index (χ1) is 10.3. The molecule has 108 valence electrons. The summed E-state index contributed by atoms with van der Waals surface area (Å²) in [5, 5.41) is 8.45. The molecule has 1 atom stereocenters. The third-order valence-corrected chi connectivity index (χ3v) is 3.33. The number of ether oxygens (including phenoxy) is 2. The summed E-state index contributed by atoms with van der Waals surface area (Å²) < 4.78 is 13.1. The average molecular weight is 283 g/mol. The van der Waals surface area contributed by atoms with Crippen molar-refractivity contribution in [3.05, 3.63) is 54.1 Å². The molecule has 0 saturated heterocycles. The fourth-order valence-corrected chi connectivity index (χ4v) is 2.38. The van der Waals surface area contributed by atoms with Gasteiger partial charge in [0.15, 0.2) is 6.23 Å². The first-order valence-electron chi connectivity index (χ1n) is 6.89. The molecule has 0 aliphatic heterocycles. The minimum absolute atomic E-state index is 0.362. The first kappa shape index (κ1) is 13.6. The van der Waals surface area contributed by atoms with Gasteiger partial charge in [-0.2, -0.15) is 0 Å². The molecule has 1 unspecified atom stereocenters. The molecule has 0 N–H and O–H groups in total. The largest absolute Gasteiger partial charge is 0.496 e. The van der Waals surface area contributed by atoms with E-state index in [2.05, 4.69) is 10.3 Å². The minimum atomic E-state index is -0.362. The van der Waals surface area contributed by atoms with E-state index in [1.54, 1.807) is 11.8 Å². The zero-order valence-corrected chi connectivity index (χ0v) is 12.1. The number of para-hydroxylation sites is 2. The second-order valence-electron chi connectivity index (χ2n) is 4.57. The second-order valence-corrected chi connectivity index (χ2v) is 4.57. The van der Waals surface area contributed by atoms with Crippen LogP contribution in [0, 0.1) is 0 Å². The Kier molecular flexibility index (Phi) is 3.83. The van der Waals surface area contributed by atoms with Gasteiger partial charge in [-0.05, 0) is 25.1 Å². The van der Waals surface area contributed by atoms with Gasteiger partial charge in [0.05, 0.1) is 12.6 Å². The molecule has 5 heteroatoms. The van der Waals surface area contributed by atoms with Crippen LogP contribution in [0.5, 0.6) is 5.75 Å². The smallest absolute Gasteiger partial charge is 0.181 e. The standard InChI is InChI=1S/C16H17N3O2/c1-3-21-16(12-8-4-7-11-15(12)20-2)19-14-10-6-5-9-13(14)17-18-19/h4-11,16H,3H2,1-2H3. The zero-order chi connectivity index (χ0) is 14.7. The maximum atomic E-state index is 5.90. The molecule has 0 aliphatic rings. The van der Waals surface area contributed by atoms with Gasteiger partial charge in [0.25, 0.3) is 0 Å². The minimum Gasteiger partial charge on any atom is -0.496 e. The molecule has 1 heterocycles. The molecule has 5 nitrogen and oxygen atoms in total. The highest BCUT2D eigenvalue weighted by Gasteiger charge is 2.21. The molecule has 0 aliphatic carbocycles. The van der Waals surface area contributed by atoms with E-state index in [-0.39, 0.29) is 6.23 Å². The summed E-state index contributed by atoms with van der Waals surface area (Å²) in [7, 11) is 1.65. The van der Waals surface area contributed by atoms with Crippen LogP contribution < -0.4 is 4.74 Å². The van der Waals surface area contributed by atoms with Crippen LogP contribution in [0.1, 0.15) is 18.7 Å². The molecule has 0 fully saturated rings. The van der Waals surface area contributed by atoms with Crippen LogP contribution in [0.3, 0.4) is 0 Å². The van der Waals surface area contributed by atoms with E-state index in [1.165, 1.54) is 0 Å². The lowest BCUT2D eigenvalue weighted by Gasteiger charge is -2.20. The molecule has 0 bridgehead atoms. The third kappa shape index (κ3) is 2.48. The molecule has 21 heavy (non-hydrogen) atoms. The van der Waals surface area contributed by atoms with Gasteiger partial charge in [-0.1, -0.05) is 35.5 Å². The Labute approximate surface area is 123 Å². The van der Waals surface area contributed by atoms with E-state index in [1.807, 2.05) is 55.5 Å². The van der Waals surface area contributed by atoms with E-state index < -0.39 is 0 Å². The summed E-state index contributed by atoms with van der Waals surface area (Å²) in [6.45, 7) is 2.53. The Morgan fingerprint density at radius 1 is 1.10 bits per heavy atom. The number of benzene rings is 2. The fraction of sp³-hybridized carbons (Fsp3) is 0.250. The molecular formula is C16H17N3O2. The van der Waals surface area contributed by atoms with Crippen molar-refractivity contribution in [1.82, 2.24) is 15.0 Å². The number of rotatable bonds is 5. The van der Waals surface area contributed by atoms with Crippen molar-refractivity contribution in [3.63, 3.8) is 0 Å². The quantitative estimate of drug-likeness (QED) is 0.722. The van der Waals surface area contributed by atoms with Crippen LogP contribution in [0.25, 0.3) is 11.0 Å². The van der Waals surface area contributed by atoms with Crippen LogP contribution in [-0.4, -0.2) is 28.7 Å². The van der Waals surface area contributed by atoms with E-state index >= 15 is 0 Å². The Bertz CT molecular complexity index is 739. The highest BCUT2D eigenvalue weighted by atomic mass is 16.5. The highest BCUT2D eigenvalue weighted by Crippen LogP contribution is 2.30. The summed E-state index contributed by atoms with van der Waals surface area (Å²) in [5.41, 5.74) is 2.71. The summed E-state index contributed by atoms with van der Waals surface area (Å²) in [5.74, 6) is 0.774. The van der Waals surface area contributed by atoms with Crippen LogP contribution in [0.4, 0.5) is 0 Å². The van der Waals surface area contributed by atoms with Gasteiger partial charge in [-0.25, -0.2) is 4.68 Å². The normalized spacial score (nSPS) is 12.5. The van der Waals surface area contributed by atoms with Gasteiger partial charge in [0.2, 0.25) is 0 Å². The van der Waals surface area contributed by atoms with E-state index in [9.17, 15) is 0 Å². The van der Waals surface area contributed by atoms with Gasteiger partial charge in [-0.3, -0.25) is 0 Å². The molecule has 0 amide bonds. The maximum Gasteiger partial charge on any atom is 0.181 e. The zero-order valence-electron chi connectivity index (χ0n) is 12.1. The van der Waals surface area contributed by atoms with Crippen molar-refractivity contribution in [1.29, 1.82) is 0 Å². The van der Waals surface area contributed by atoms with Crippen molar-refractivity contribution in [3.8, 4) is 5.75 Å². The van der Waals surface area contributed by atoms with Crippen molar-refractivity contribution in [2.45, 2.75) is 13.2 Å². The van der Waals surface area contributed by atoms with Gasteiger partial charge in [-0.15, -0.1) is 5.10 Å². The fourth-order valence-electron chi connectivity index (χ4n) is 2.38. The van der Waals surface area contributed by atoms with E-state index in [4.69, 9.17) is 9.47 Å². The summed E-state index contributed by atoms with van der Waals surface area (Å²) in [4.78, 5) is 0. The third-order valence-electron chi connectivity index (χ3n) is 3.33. The van der Waals surface area contributed by atoms with Gasteiger partial charge < -0.3 is 9.47 Å². The van der Waals surface area contributed by atoms with E-state index in [0.717, 1.165) is 22.3 Å². The van der Waals surface area contributed by atoms with Crippen molar-refractivity contribution in [2.24, 2.45) is 0 Å². The van der Waals surface area contributed by atoms with Crippen LogP contribution in [0.15, 0.2) is 48.5 Å². The monoisotopic (exact) mass is 283 g/mol. The topological polar surface area (TPSA) is 49.2 Å². The molecule has 3 rings (SSSR count). The molecule has 3 aromatic rings. The average Bonchev–Trinajstić information content (AvgIpc) is 2.96. The van der Waals surface area contributed by atoms with Crippen LogP contribution in [-0.2, 0) is 4.74 Å². The SMILES string of the molecule is CCOC(c1ccccc1OC)n1nnc2ccccc21. The number of methoxy groups -OCH3 is 1. The predicted molar refractivity (Wildman–Crippen MR) is 80.3 cm³/mol. The second kappa shape index (κ2) is 5.93. The molecule has 2 aromatic carbocycles. The maximum absolute atomic E-state index is 5.90. The van der Waals surface area contributed by atoms with Gasteiger partial charge in [0.1, 0.15) is 11.3 Å². The first-order valence-corrected chi connectivity index (χ1v) is 6.89. The summed E-state index contributed by atoms with van der Waals surface area (Å²) in [6.07, 6.45) is -0.362. The highest BCUT2D eigenvalue weighted by molar-refractivity contribution is 5.74. The van der Waals surface area contributed by atoms with Crippen LogP contribution >= 0.6 is 0 Å². The number of nitrogens with zero attached hydrogens (tertiary/aromatic N) is 3. The summed E-state index contributed by atoms with van der Waals surface area (Å²) >= 11 is 0. The van der Waals surface area contributed by atoms with E-state index in [0.29, 0.717) is 6.61 Å². The summed E-state index contributed by atoms with van der Waals surface area (Å²) in [6, 6.07) is 15.6. The van der Waals surface area contributed by atoms with Gasteiger partial charge >= 0.3 is 0 Å². The lowest BCUT2D eigenvalue weighted by molar-refractivity contribution is 0.0324. The molecule has 0 radical (unpaired) electrons. The lowest BCUT2D eigenvalue weighted by atomic mass is 10.1. The number of fused-ring (bicyclic) bond motifs is 1. The van der Waals surface area contributed by atoms with Crippen LogP contribution in [0.2, 0.25) is 0 Å². The van der Waals surface area contributed by atoms with Gasteiger partial charge in [0, 0.05) is 12.2 Å². The Morgan fingerprint density at radius 3 is 2.67 bits per heavy atom. The Balaban J connectivity index is 2.13. The Morgan fingerprint density at radius 2 is 1.86 bits per heavy atom. The predicted octanol–water partition coefficient (Wildman–Crippen LogP) is 3.02. The van der Waals surface area contributed by atoms with Crippen molar-refractivity contribution >= 4 is 11.0 Å². The Hall–Kier alpha value is -2.40. The number of hydrogen-bond acceptors (Lipinski definition) is 4. The number of hydrogen-bond donors (Lipinski definition) is 0. The molecule has 1 aromatic heterocycles. The lowest BCUT2D eigenvalue weighted by Crippen LogP contribution is -2.17. The molecule has 0 saturated carbocycles. The molecule has 0 spiro atoms. The van der Waals surface area contributed by atoms with Crippen molar-refractivity contribution < 1.29 is 9.47 Å². The molecular weight excluding hydrogens is 266 g/mol. The number of aromatic nitrogens is 3.